The summed E-state index contributed by atoms with van der Waals surface area (Å²) in [6, 6.07) is 20.6. The minimum absolute atomic E-state index is 0.213. The van der Waals surface area contributed by atoms with Crippen LogP contribution in [-0.2, 0) is 5.60 Å². The molecule has 1 fully saturated rings. The molecule has 0 aliphatic heterocycles. The molecule has 0 spiro atoms. The van der Waals surface area contributed by atoms with Crippen molar-refractivity contribution in [1.29, 1.82) is 0 Å². The average Bonchev–Trinajstić information content (AvgIpc) is 2.49. The van der Waals surface area contributed by atoms with Crippen LogP contribution in [0.4, 0.5) is 0 Å². The van der Waals surface area contributed by atoms with E-state index in [4.69, 9.17) is 0 Å². The summed E-state index contributed by atoms with van der Waals surface area (Å²) in [5.41, 5.74) is 1.61. The van der Waals surface area contributed by atoms with Crippen LogP contribution in [0.3, 0.4) is 0 Å². The third-order valence-electron chi connectivity index (χ3n) is 4.35. The van der Waals surface area contributed by atoms with Crippen LogP contribution in [0.1, 0.15) is 42.7 Å². The zero-order valence-electron chi connectivity index (χ0n) is 11.1. The molecule has 3 rings (SSSR count). The summed E-state index contributed by atoms with van der Waals surface area (Å²) in [5, 5.41) is 11.3. The first-order valence-electron chi connectivity index (χ1n) is 7.13. The summed E-state index contributed by atoms with van der Waals surface area (Å²) in [5.74, 6) is 0.213. The third kappa shape index (κ3) is 2.31. The van der Waals surface area contributed by atoms with Gasteiger partial charge in [-0.25, -0.2) is 0 Å². The second kappa shape index (κ2) is 5.18. The maximum absolute atomic E-state index is 11.3. The first-order chi connectivity index (χ1) is 9.31. The van der Waals surface area contributed by atoms with Crippen molar-refractivity contribution in [2.45, 2.75) is 37.2 Å². The molecule has 0 bridgehead atoms. The van der Waals surface area contributed by atoms with Gasteiger partial charge in [0.1, 0.15) is 0 Å². The molecule has 0 aromatic heterocycles. The van der Waals surface area contributed by atoms with E-state index in [0.29, 0.717) is 0 Å². The molecule has 1 heteroatoms. The lowest BCUT2D eigenvalue weighted by molar-refractivity contribution is -0.0224. The Kier molecular flexibility index (Phi) is 3.39. The van der Waals surface area contributed by atoms with Gasteiger partial charge in [0.2, 0.25) is 0 Å². The van der Waals surface area contributed by atoms with Gasteiger partial charge in [-0.3, -0.25) is 0 Å². The Morgan fingerprint density at radius 3 is 2.16 bits per heavy atom. The zero-order valence-corrected chi connectivity index (χ0v) is 11.1. The molecule has 2 aromatic rings. The average molecular weight is 252 g/mol. The van der Waals surface area contributed by atoms with Gasteiger partial charge in [-0.1, -0.05) is 73.5 Å². The van der Waals surface area contributed by atoms with E-state index in [0.717, 1.165) is 24.8 Å². The Morgan fingerprint density at radius 2 is 1.47 bits per heavy atom. The maximum Gasteiger partial charge on any atom is 0.0964 e. The fourth-order valence-electron chi connectivity index (χ4n) is 3.36. The number of hydrogen-bond acceptors (Lipinski definition) is 1. The van der Waals surface area contributed by atoms with Crippen LogP contribution in [0, 0.1) is 0 Å². The first-order valence-corrected chi connectivity index (χ1v) is 7.13. The molecule has 0 heterocycles. The zero-order chi connectivity index (χ0) is 13.1. The summed E-state index contributed by atoms with van der Waals surface area (Å²) in [6.45, 7) is 0. The Morgan fingerprint density at radius 1 is 0.842 bits per heavy atom. The highest BCUT2D eigenvalue weighted by molar-refractivity contribution is 5.32. The van der Waals surface area contributed by atoms with Crippen LogP contribution >= 0.6 is 0 Å². The first kappa shape index (κ1) is 12.4. The standard InChI is InChI=1S/C18H20O/c19-18(16-11-5-2-6-12-16)14-8-7-13-17(18)15-9-3-1-4-10-15/h1-6,9-12,17,19H,7-8,13-14H2/t17-,18+/m1/s1. The molecular weight excluding hydrogens is 232 g/mol. The second-order valence-electron chi connectivity index (χ2n) is 5.50. The highest BCUT2D eigenvalue weighted by Gasteiger charge is 2.40. The third-order valence-corrected chi connectivity index (χ3v) is 4.35. The van der Waals surface area contributed by atoms with E-state index in [1.54, 1.807) is 0 Å². The van der Waals surface area contributed by atoms with E-state index >= 15 is 0 Å². The maximum atomic E-state index is 11.3. The van der Waals surface area contributed by atoms with Gasteiger partial charge in [-0.15, -0.1) is 0 Å². The molecule has 0 unspecified atom stereocenters. The molecule has 1 aliphatic carbocycles. The Bertz CT molecular complexity index is 520. The summed E-state index contributed by atoms with van der Waals surface area (Å²) >= 11 is 0. The molecule has 1 aliphatic rings. The number of rotatable bonds is 2. The van der Waals surface area contributed by atoms with Crippen LogP contribution in [0.25, 0.3) is 0 Å². The summed E-state index contributed by atoms with van der Waals surface area (Å²) in [7, 11) is 0. The molecule has 2 atom stereocenters. The normalized spacial score (nSPS) is 27.1. The van der Waals surface area contributed by atoms with Crippen LogP contribution in [0.5, 0.6) is 0 Å². The summed E-state index contributed by atoms with van der Waals surface area (Å²) in [6.07, 6.45) is 4.23. The fourth-order valence-corrected chi connectivity index (χ4v) is 3.36. The predicted octanol–water partition coefficient (Wildman–Crippen LogP) is 4.23. The van der Waals surface area contributed by atoms with Gasteiger partial charge in [0.05, 0.1) is 5.60 Å². The molecular formula is C18H20O. The van der Waals surface area contributed by atoms with Crippen molar-refractivity contribution in [3.05, 3.63) is 71.8 Å². The number of aliphatic hydroxyl groups is 1. The van der Waals surface area contributed by atoms with Crippen LogP contribution in [0.15, 0.2) is 60.7 Å². The van der Waals surface area contributed by atoms with Crippen molar-refractivity contribution in [1.82, 2.24) is 0 Å². The molecule has 1 saturated carbocycles. The van der Waals surface area contributed by atoms with Crippen molar-refractivity contribution >= 4 is 0 Å². The monoisotopic (exact) mass is 252 g/mol. The van der Waals surface area contributed by atoms with Gasteiger partial charge in [0.25, 0.3) is 0 Å². The van der Waals surface area contributed by atoms with Gasteiger partial charge in [-0.2, -0.15) is 0 Å². The minimum Gasteiger partial charge on any atom is -0.385 e. The second-order valence-corrected chi connectivity index (χ2v) is 5.50. The van der Waals surface area contributed by atoms with Crippen LogP contribution < -0.4 is 0 Å². The lowest BCUT2D eigenvalue weighted by Crippen LogP contribution is -2.36. The van der Waals surface area contributed by atoms with Gasteiger partial charge in [0, 0.05) is 5.92 Å². The number of benzene rings is 2. The predicted molar refractivity (Wildman–Crippen MR) is 78.0 cm³/mol. The van der Waals surface area contributed by atoms with Gasteiger partial charge >= 0.3 is 0 Å². The molecule has 98 valence electrons. The van der Waals surface area contributed by atoms with Crippen LogP contribution in [-0.4, -0.2) is 5.11 Å². The van der Waals surface area contributed by atoms with E-state index < -0.39 is 5.60 Å². The highest BCUT2D eigenvalue weighted by Crippen LogP contribution is 2.47. The van der Waals surface area contributed by atoms with Crippen molar-refractivity contribution in [2.24, 2.45) is 0 Å². The van der Waals surface area contributed by atoms with Crippen molar-refractivity contribution < 1.29 is 5.11 Å². The Balaban J connectivity index is 2.02. The van der Waals surface area contributed by atoms with Crippen molar-refractivity contribution in [2.75, 3.05) is 0 Å². The van der Waals surface area contributed by atoms with E-state index in [2.05, 4.69) is 36.4 Å². The topological polar surface area (TPSA) is 20.2 Å². The van der Waals surface area contributed by atoms with E-state index in [-0.39, 0.29) is 5.92 Å². The number of hydrogen-bond donors (Lipinski definition) is 1. The summed E-state index contributed by atoms with van der Waals surface area (Å²) < 4.78 is 0. The molecule has 19 heavy (non-hydrogen) atoms. The quantitative estimate of drug-likeness (QED) is 0.848. The van der Waals surface area contributed by atoms with Gasteiger partial charge < -0.3 is 5.11 Å². The molecule has 1 N–H and O–H groups in total. The molecule has 1 nitrogen and oxygen atoms in total. The van der Waals surface area contributed by atoms with Crippen molar-refractivity contribution in [3.63, 3.8) is 0 Å². The largest absolute Gasteiger partial charge is 0.385 e. The lowest BCUT2D eigenvalue weighted by atomic mass is 9.69. The Labute approximate surface area is 114 Å². The minimum atomic E-state index is -0.707. The lowest BCUT2D eigenvalue weighted by Gasteiger charge is -2.41. The van der Waals surface area contributed by atoms with E-state index in [1.165, 1.54) is 12.0 Å². The molecule has 0 radical (unpaired) electrons. The van der Waals surface area contributed by atoms with Gasteiger partial charge in [0.15, 0.2) is 0 Å². The van der Waals surface area contributed by atoms with Gasteiger partial charge in [-0.05, 0) is 24.0 Å². The molecule has 2 aromatic carbocycles. The molecule has 0 amide bonds. The van der Waals surface area contributed by atoms with E-state index in [1.807, 2.05) is 24.3 Å². The smallest absolute Gasteiger partial charge is 0.0964 e. The summed E-state index contributed by atoms with van der Waals surface area (Å²) in [4.78, 5) is 0. The Hall–Kier alpha value is -1.60. The van der Waals surface area contributed by atoms with E-state index in [9.17, 15) is 5.11 Å². The SMILES string of the molecule is O[C@]1(c2ccccc2)CCCC[C@@H]1c1ccccc1. The fraction of sp³-hybridized carbons (Fsp3) is 0.333. The molecule has 0 saturated heterocycles. The van der Waals surface area contributed by atoms with Crippen molar-refractivity contribution in [3.8, 4) is 0 Å². The highest BCUT2D eigenvalue weighted by atomic mass is 16.3. The van der Waals surface area contributed by atoms with Crippen LogP contribution in [0.2, 0.25) is 0 Å².